The monoisotopic (exact) mass is 358 g/mol. The Bertz CT molecular complexity index is 1160. The van der Waals surface area contributed by atoms with E-state index in [0.29, 0.717) is 11.4 Å². The minimum atomic E-state index is -0.161. The zero-order chi connectivity index (χ0) is 19.0. The van der Waals surface area contributed by atoms with Gasteiger partial charge in [-0.05, 0) is 44.0 Å². The van der Waals surface area contributed by atoms with Crippen LogP contribution in [0.3, 0.4) is 0 Å². The number of pyridine rings is 1. The number of hydrogen-bond acceptors (Lipinski definition) is 3. The normalized spacial score (nSPS) is 11.2. The standard InChI is InChI=1S/C22H22N4O/c1-4-11-26-21-18(13-16-9-6-8-15(3)19(16)23-21)20(25-26)24-22(27)17-10-5-7-14(2)12-17/h5-10,12-13H,4,11H2,1-3H3,(H,24,25,27). The number of benzene rings is 2. The van der Waals surface area contributed by atoms with Crippen molar-refractivity contribution in [3.05, 3.63) is 65.2 Å². The van der Waals surface area contributed by atoms with Gasteiger partial charge in [0.25, 0.3) is 5.91 Å². The van der Waals surface area contributed by atoms with Gasteiger partial charge in [0.2, 0.25) is 0 Å². The summed E-state index contributed by atoms with van der Waals surface area (Å²) in [7, 11) is 0. The summed E-state index contributed by atoms with van der Waals surface area (Å²) < 4.78 is 1.88. The van der Waals surface area contributed by atoms with Crippen molar-refractivity contribution in [1.29, 1.82) is 0 Å². The van der Waals surface area contributed by atoms with Crippen LogP contribution in [0.25, 0.3) is 21.9 Å². The smallest absolute Gasteiger partial charge is 0.256 e. The second-order valence-corrected chi connectivity index (χ2v) is 6.90. The minimum absolute atomic E-state index is 0.161. The molecule has 27 heavy (non-hydrogen) atoms. The Hall–Kier alpha value is -3.21. The molecule has 0 bridgehead atoms. The number of para-hydroxylation sites is 1. The predicted molar refractivity (Wildman–Crippen MR) is 109 cm³/mol. The molecular weight excluding hydrogens is 336 g/mol. The zero-order valence-electron chi connectivity index (χ0n) is 15.8. The molecule has 2 heterocycles. The van der Waals surface area contributed by atoms with E-state index < -0.39 is 0 Å². The summed E-state index contributed by atoms with van der Waals surface area (Å²) >= 11 is 0. The minimum Gasteiger partial charge on any atom is -0.305 e. The van der Waals surface area contributed by atoms with Crippen molar-refractivity contribution in [2.24, 2.45) is 0 Å². The highest BCUT2D eigenvalue weighted by Crippen LogP contribution is 2.28. The Morgan fingerprint density at radius 2 is 1.93 bits per heavy atom. The van der Waals surface area contributed by atoms with Crippen LogP contribution in [-0.2, 0) is 6.54 Å². The Kier molecular flexibility index (Phi) is 4.36. The molecule has 5 nitrogen and oxygen atoms in total. The molecule has 0 radical (unpaired) electrons. The van der Waals surface area contributed by atoms with Crippen molar-refractivity contribution in [2.75, 3.05) is 5.32 Å². The van der Waals surface area contributed by atoms with Crippen LogP contribution in [-0.4, -0.2) is 20.7 Å². The van der Waals surface area contributed by atoms with Crippen LogP contribution in [0.4, 0.5) is 5.82 Å². The molecule has 0 fully saturated rings. The highest BCUT2D eigenvalue weighted by molar-refractivity contribution is 6.09. The fourth-order valence-electron chi connectivity index (χ4n) is 3.36. The maximum absolute atomic E-state index is 12.7. The molecule has 2 aromatic heterocycles. The molecule has 1 N–H and O–H groups in total. The molecule has 4 rings (SSSR count). The lowest BCUT2D eigenvalue weighted by atomic mass is 10.1. The number of anilines is 1. The molecule has 0 aliphatic carbocycles. The first-order valence-corrected chi connectivity index (χ1v) is 9.21. The average Bonchev–Trinajstić information content (AvgIpc) is 2.98. The summed E-state index contributed by atoms with van der Waals surface area (Å²) in [4.78, 5) is 17.6. The molecule has 0 saturated heterocycles. The van der Waals surface area contributed by atoms with Gasteiger partial charge in [-0.15, -0.1) is 0 Å². The van der Waals surface area contributed by atoms with Crippen molar-refractivity contribution in [3.8, 4) is 0 Å². The van der Waals surface area contributed by atoms with E-state index in [9.17, 15) is 4.79 Å². The van der Waals surface area contributed by atoms with Gasteiger partial charge < -0.3 is 5.32 Å². The molecular formula is C22H22N4O. The molecule has 0 spiro atoms. The lowest BCUT2D eigenvalue weighted by Crippen LogP contribution is -2.13. The van der Waals surface area contributed by atoms with Gasteiger partial charge in [-0.25, -0.2) is 9.67 Å². The van der Waals surface area contributed by atoms with Crippen molar-refractivity contribution >= 4 is 33.7 Å². The van der Waals surface area contributed by atoms with Gasteiger partial charge in [0.05, 0.1) is 10.9 Å². The third-order valence-corrected chi connectivity index (χ3v) is 4.70. The van der Waals surface area contributed by atoms with E-state index in [1.165, 1.54) is 0 Å². The summed E-state index contributed by atoms with van der Waals surface area (Å²) in [5.74, 6) is 0.395. The fourth-order valence-corrected chi connectivity index (χ4v) is 3.36. The maximum atomic E-state index is 12.7. The van der Waals surface area contributed by atoms with E-state index in [1.54, 1.807) is 0 Å². The van der Waals surface area contributed by atoms with E-state index in [4.69, 9.17) is 4.98 Å². The molecule has 0 atom stereocenters. The Morgan fingerprint density at radius 1 is 1.11 bits per heavy atom. The Morgan fingerprint density at radius 3 is 2.70 bits per heavy atom. The molecule has 5 heteroatoms. The lowest BCUT2D eigenvalue weighted by molar-refractivity contribution is 0.102. The second-order valence-electron chi connectivity index (χ2n) is 6.90. The van der Waals surface area contributed by atoms with Crippen LogP contribution in [0.1, 0.15) is 34.8 Å². The topological polar surface area (TPSA) is 59.8 Å². The molecule has 4 aromatic rings. The number of nitrogens with one attached hydrogen (secondary N) is 1. The molecule has 0 saturated carbocycles. The number of hydrogen-bond donors (Lipinski definition) is 1. The highest BCUT2D eigenvalue weighted by atomic mass is 16.1. The average molecular weight is 358 g/mol. The summed E-state index contributed by atoms with van der Waals surface area (Å²) in [6.07, 6.45) is 0.940. The fraction of sp³-hybridized carbons (Fsp3) is 0.227. The number of aryl methyl sites for hydroxylation is 3. The van der Waals surface area contributed by atoms with Gasteiger partial charge >= 0.3 is 0 Å². The summed E-state index contributed by atoms with van der Waals surface area (Å²) in [5.41, 5.74) is 4.57. The van der Waals surface area contributed by atoms with Crippen LogP contribution in [0.5, 0.6) is 0 Å². The number of carbonyl (C=O) groups is 1. The predicted octanol–water partition coefficient (Wildman–Crippen LogP) is 4.86. The quantitative estimate of drug-likeness (QED) is 0.566. The van der Waals surface area contributed by atoms with Crippen molar-refractivity contribution < 1.29 is 4.79 Å². The largest absolute Gasteiger partial charge is 0.305 e. The summed E-state index contributed by atoms with van der Waals surface area (Å²) in [6, 6.07) is 15.7. The molecule has 136 valence electrons. The highest BCUT2D eigenvalue weighted by Gasteiger charge is 2.16. The third kappa shape index (κ3) is 3.16. The number of fused-ring (bicyclic) bond motifs is 2. The number of amides is 1. The van der Waals surface area contributed by atoms with Crippen LogP contribution < -0.4 is 5.32 Å². The number of aromatic nitrogens is 3. The van der Waals surface area contributed by atoms with Crippen LogP contribution in [0.15, 0.2) is 48.5 Å². The third-order valence-electron chi connectivity index (χ3n) is 4.70. The van der Waals surface area contributed by atoms with E-state index in [0.717, 1.165) is 46.0 Å². The molecule has 0 aliphatic rings. The summed E-state index contributed by atoms with van der Waals surface area (Å²) in [5, 5.41) is 9.53. The zero-order valence-corrected chi connectivity index (χ0v) is 15.8. The maximum Gasteiger partial charge on any atom is 0.256 e. The number of carbonyl (C=O) groups excluding carboxylic acids is 1. The lowest BCUT2D eigenvalue weighted by Gasteiger charge is -2.05. The van der Waals surface area contributed by atoms with Gasteiger partial charge in [0.1, 0.15) is 0 Å². The first-order chi connectivity index (χ1) is 13.1. The molecule has 1 amide bonds. The van der Waals surface area contributed by atoms with Gasteiger partial charge in [0.15, 0.2) is 11.5 Å². The van der Waals surface area contributed by atoms with Crippen molar-refractivity contribution in [3.63, 3.8) is 0 Å². The SMILES string of the molecule is CCCn1nc(NC(=O)c2cccc(C)c2)c2cc3cccc(C)c3nc21. The van der Waals surface area contributed by atoms with E-state index in [1.807, 2.05) is 48.0 Å². The molecule has 0 aliphatic heterocycles. The number of rotatable bonds is 4. The van der Waals surface area contributed by atoms with Crippen molar-refractivity contribution in [1.82, 2.24) is 14.8 Å². The van der Waals surface area contributed by atoms with Crippen molar-refractivity contribution in [2.45, 2.75) is 33.7 Å². The van der Waals surface area contributed by atoms with Gasteiger partial charge in [-0.1, -0.05) is 42.8 Å². The van der Waals surface area contributed by atoms with Crippen LogP contribution in [0.2, 0.25) is 0 Å². The first-order valence-electron chi connectivity index (χ1n) is 9.21. The number of nitrogens with zero attached hydrogens (tertiary/aromatic N) is 3. The van der Waals surface area contributed by atoms with E-state index in [-0.39, 0.29) is 5.91 Å². The van der Waals surface area contributed by atoms with E-state index >= 15 is 0 Å². The first kappa shape index (κ1) is 17.2. The molecule has 2 aromatic carbocycles. The Labute approximate surface area is 158 Å². The van der Waals surface area contributed by atoms with Crippen LogP contribution in [0, 0.1) is 13.8 Å². The summed E-state index contributed by atoms with van der Waals surface area (Å²) in [6.45, 7) is 6.88. The van der Waals surface area contributed by atoms with Crippen LogP contribution >= 0.6 is 0 Å². The van der Waals surface area contributed by atoms with Gasteiger partial charge in [0, 0.05) is 17.5 Å². The van der Waals surface area contributed by atoms with E-state index in [2.05, 4.69) is 36.4 Å². The Balaban J connectivity index is 1.83. The second kappa shape index (κ2) is 6.83. The van der Waals surface area contributed by atoms with Gasteiger partial charge in [-0.2, -0.15) is 5.10 Å². The molecule has 0 unspecified atom stereocenters. The van der Waals surface area contributed by atoms with Gasteiger partial charge in [-0.3, -0.25) is 4.79 Å².